The predicted molar refractivity (Wildman–Crippen MR) is 74.8 cm³/mol. The smallest absolute Gasteiger partial charge is 0.169 e. The van der Waals surface area contributed by atoms with Gasteiger partial charge in [0.1, 0.15) is 5.69 Å². The van der Waals surface area contributed by atoms with Crippen LogP contribution in [0.5, 0.6) is 0 Å². The summed E-state index contributed by atoms with van der Waals surface area (Å²) in [5.41, 5.74) is 7.13. The van der Waals surface area contributed by atoms with Gasteiger partial charge in [0.2, 0.25) is 0 Å². The van der Waals surface area contributed by atoms with Gasteiger partial charge in [-0.15, -0.1) is 5.10 Å². The van der Waals surface area contributed by atoms with E-state index in [1.54, 1.807) is 16.8 Å². The van der Waals surface area contributed by atoms with Gasteiger partial charge in [-0.2, -0.15) is 0 Å². The number of benzene rings is 1. The molecule has 0 unspecified atom stereocenters. The molecule has 0 amide bonds. The van der Waals surface area contributed by atoms with Gasteiger partial charge in [0.05, 0.1) is 15.7 Å². The van der Waals surface area contributed by atoms with E-state index >= 15 is 0 Å². The average molecular weight is 306 g/mol. The fourth-order valence-electron chi connectivity index (χ4n) is 1.70. The Morgan fingerprint density at radius 2 is 1.83 bits per heavy atom. The molecular formula is C11H11Cl3N4. The Bertz CT molecular complexity index is 557. The Hall–Kier alpha value is -0.970. The summed E-state index contributed by atoms with van der Waals surface area (Å²) < 4.78 is 1.57. The molecule has 1 aromatic heterocycles. The maximum atomic E-state index is 6.15. The van der Waals surface area contributed by atoms with Crippen LogP contribution in [0, 0.1) is 0 Å². The van der Waals surface area contributed by atoms with E-state index in [2.05, 4.69) is 10.3 Å². The molecule has 0 radical (unpaired) electrons. The molecular weight excluding hydrogens is 295 g/mol. The van der Waals surface area contributed by atoms with Crippen molar-refractivity contribution >= 4 is 40.6 Å². The lowest BCUT2D eigenvalue weighted by atomic mass is 10.2. The number of nitrogen functional groups attached to an aromatic ring is 1. The Morgan fingerprint density at radius 3 is 2.39 bits per heavy atom. The lowest BCUT2D eigenvalue weighted by molar-refractivity contribution is 0.746. The van der Waals surface area contributed by atoms with Crippen molar-refractivity contribution in [3.05, 3.63) is 32.9 Å². The van der Waals surface area contributed by atoms with Crippen LogP contribution >= 0.6 is 34.8 Å². The van der Waals surface area contributed by atoms with E-state index in [4.69, 9.17) is 40.5 Å². The first-order valence-corrected chi connectivity index (χ1v) is 6.53. The maximum Gasteiger partial charge on any atom is 0.169 e. The zero-order valence-corrected chi connectivity index (χ0v) is 11.9. The van der Waals surface area contributed by atoms with Crippen molar-refractivity contribution in [2.24, 2.45) is 0 Å². The number of nitrogens with zero attached hydrogens (tertiary/aromatic N) is 3. The van der Waals surface area contributed by atoms with Gasteiger partial charge in [-0.1, -0.05) is 53.4 Å². The van der Waals surface area contributed by atoms with E-state index in [-0.39, 0.29) is 0 Å². The summed E-state index contributed by atoms with van der Waals surface area (Å²) in [6, 6.07) is 3.22. The van der Waals surface area contributed by atoms with E-state index in [0.717, 1.165) is 18.5 Å². The summed E-state index contributed by atoms with van der Waals surface area (Å²) in [6.07, 6.45) is 1.66. The molecule has 1 heterocycles. The van der Waals surface area contributed by atoms with Crippen LogP contribution in [0.2, 0.25) is 15.1 Å². The number of anilines is 1. The third-order valence-corrected chi connectivity index (χ3v) is 3.27. The predicted octanol–water partition coefficient (Wildman–Crippen LogP) is 3.76. The lowest BCUT2D eigenvalue weighted by Gasteiger charge is -2.10. The topological polar surface area (TPSA) is 56.7 Å². The molecule has 18 heavy (non-hydrogen) atoms. The number of nitrogens with two attached hydrogens (primary N) is 1. The minimum Gasteiger partial charge on any atom is -0.381 e. The van der Waals surface area contributed by atoms with Gasteiger partial charge >= 0.3 is 0 Å². The Kier molecular flexibility index (Phi) is 4.00. The van der Waals surface area contributed by atoms with E-state index in [9.17, 15) is 0 Å². The van der Waals surface area contributed by atoms with E-state index in [0.29, 0.717) is 26.6 Å². The van der Waals surface area contributed by atoms with Crippen molar-refractivity contribution in [3.8, 4) is 5.69 Å². The van der Waals surface area contributed by atoms with Crippen LogP contribution in [0.3, 0.4) is 0 Å². The van der Waals surface area contributed by atoms with Gasteiger partial charge in [0.15, 0.2) is 5.82 Å². The summed E-state index contributed by atoms with van der Waals surface area (Å²) in [6.45, 7) is 2.04. The van der Waals surface area contributed by atoms with Gasteiger partial charge in [-0.3, -0.25) is 0 Å². The molecule has 7 heteroatoms. The highest BCUT2D eigenvalue weighted by molar-refractivity contribution is 6.40. The van der Waals surface area contributed by atoms with Crippen molar-refractivity contribution in [1.82, 2.24) is 15.0 Å². The summed E-state index contributed by atoms with van der Waals surface area (Å²) >= 11 is 18.2. The lowest BCUT2D eigenvalue weighted by Crippen LogP contribution is -2.05. The molecule has 0 atom stereocenters. The quantitative estimate of drug-likeness (QED) is 0.939. The minimum absolute atomic E-state index is 0.388. The number of hydrogen-bond donors (Lipinski definition) is 1. The fourth-order valence-corrected chi connectivity index (χ4v) is 2.68. The molecule has 0 spiro atoms. The third kappa shape index (κ3) is 2.41. The number of aromatic nitrogens is 3. The second kappa shape index (κ2) is 5.34. The van der Waals surface area contributed by atoms with Gasteiger partial charge < -0.3 is 5.73 Å². The van der Waals surface area contributed by atoms with E-state index < -0.39 is 0 Å². The molecule has 0 aliphatic heterocycles. The van der Waals surface area contributed by atoms with Crippen LogP contribution in [0.1, 0.15) is 19.0 Å². The first-order valence-electron chi connectivity index (χ1n) is 5.39. The molecule has 0 aliphatic carbocycles. The normalized spacial score (nSPS) is 10.9. The molecule has 0 aliphatic rings. The summed E-state index contributed by atoms with van der Waals surface area (Å²) in [4.78, 5) is 0. The highest BCUT2D eigenvalue weighted by atomic mass is 35.5. The van der Waals surface area contributed by atoms with Crippen molar-refractivity contribution < 1.29 is 0 Å². The fraction of sp³-hybridized carbons (Fsp3) is 0.273. The summed E-state index contributed by atoms with van der Waals surface area (Å²) in [5, 5.41) is 9.14. The molecule has 0 saturated carbocycles. The van der Waals surface area contributed by atoms with Crippen LogP contribution in [-0.2, 0) is 6.42 Å². The second-order valence-corrected chi connectivity index (χ2v) is 5.05. The van der Waals surface area contributed by atoms with Gasteiger partial charge in [-0.05, 0) is 18.6 Å². The number of rotatable bonds is 3. The van der Waals surface area contributed by atoms with E-state index in [1.807, 2.05) is 6.92 Å². The number of hydrogen-bond acceptors (Lipinski definition) is 3. The molecule has 0 fully saturated rings. The molecule has 4 nitrogen and oxygen atoms in total. The Balaban J connectivity index is 2.62. The van der Waals surface area contributed by atoms with Crippen molar-refractivity contribution in [2.45, 2.75) is 19.8 Å². The Morgan fingerprint density at radius 1 is 1.22 bits per heavy atom. The minimum atomic E-state index is 0.388. The average Bonchev–Trinajstić information content (AvgIpc) is 2.61. The van der Waals surface area contributed by atoms with Crippen molar-refractivity contribution in [2.75, 3.05) is 5.73 Å². The zero-order valence-electron chi connectivity index (χ0n) is 9.62. The van der Waals surface area contributed by atoms with E-state index in [1.165, 1.54) is 0 Å². The monoisotopic (exact) mass is 304 g/mol. The largest absolute Gasteiger partial charge is 0.381 e. The molecule has 0 saturated heterocycles. The maximum absolute atomic E-state index is 6.15. The Labute approximate surface area is 120 Å². The van der Waals surface area contributed by atoms with Gasteiger partial charge in [-0.25, -0.2) is 4.68 Å². The van der Waals surface area contributed by atoms with Crippen molar-refractivity contribution in [3.63, 3.8) is 0 Å². The van der Waals surface area contributed by atoms with Gasteiger partial charge in [0.25, 0.3) is 0 Å². The standard InChI is InChI=1S/C11H11Cl3N4/c1-2-3-9-11(15)16-17-18(9)10-7(13)4-6(12)5-8(10)14/h4-5H,2-3,15H2,1H3. The van der Waals surface area contributed by atoms with Gasteiger partial charge in [0, 0.05) is 5.02 Å². The molecule has 2 aromatic rings. The first-order chi connectivity index (χ1) is 8.54. The van der Waals surface area contributed by atoms with Crippen LogP contribution < -0.4 is 5.73 Å². The molecule has 2 N–H and O–H groups in total. The molecule has 0 bridgehead atoms. The van der Waals surface area contributed by atoms with Crippen LogP contribution in [-0.4, -0.2) is 15.0 Å². The van der Waals surface area contributed by atoms with Crippen LogP contribution in [0.4, 0.5) is 5.82 Å². The number of halogens is 3. The van der Waals surface area contributed by atoms with Crippen LogP contribution in [0.25, 0.3) is 5.69 Å². The molecule has 96 valence electrons. The highest BCUT2D eigenvalue weighted by Crippen LogP contribution is 2.33. The zero-order chi connectivity index (χ0) is 13.3. The summed E-state index contributed by atoms with van der Waals surface area (Å²) in [7, 11) is 0. The van der Waals surface area contributed by atoms with Crippen molar-refractivity contribution in [1.29, 1.82) is 0 Å². The molecule has 1 aromatic carbocycles. The first kappa shape index (κ1) is 13.5. The second-order valence-electron chi connectivity index (χ2n) is 3.80. The van der Waals surface area contributed by atoms with Crippen LogP contribution in [0.15, 0.2) is 12.1 Å². The SMILES string of the molecule is CCCc1c(N)nnn1-c1c(Cl)cc(Cl)cc1Cl. The third-order valence-electron chi connectivity index (χ3n) is 2.47. The highest BCUT2D eigenvalue weighted by Gasteiger charge is 2.17. The summed E-state index contributed by atoms with van der Waals surface area (Å²) in [5.74, 6) is 0.388. The molecule has 2 rings (SSSR count).